The van der Waals surface area contributed by atoms with Gasteiger partial charge in [0.15, 0.2) is 0 Å². The van der Waals surface area contributed by atoms with E-state index in [-0.39, 0.29) is 0 Å². The molecule has 1 saturated carbocycles. The Morgan fingerprint density at radius 2 is 2.29 bits per heavy atom. The van der Waals surface area contributed by atoms with Crippen molar-refractivity contribution in [1.82, 2.24) is 0 Å². The minimum Gasteiger partial charge on any atom is -0.299 e. The Balaban J connectivity index is 2.17. The molecule has 2 heteroatoms. The first kappa shape index (κ1) is 12.1. The molecule has 2 atom stereocenters. The van der Waals surface area contributed by atoms with E-state index in [1.807, 2.05) is 11.8 Å². The first-order valence-electron chi connectivity index (χ1n) is 5.84. The lowest BCUT2D eigenvalue weighted by atomic mass is 9.79. The Bertz CT molecular complexity index is 179. The third-order valence-corrected chi connectivity index (χ3v) is 4.06. The molecule has 0 heterocycles. The molecule has 1 fully saturated rings. The number of hydrogen-bond acceptors (Lipinski definition) is 2. The van der Waals surface area contributed by atoms with Crippen LogP contribution < -0.4 is 0 Å². The predicted molar refractivity (Wildman–Crippen MR) is 63.7 cm³/mol. The summed E-state index contributed by atoms with van der Waals surface area (Å²) in [5.74, 6) is 4.14. The van der Waals surface area contributed by atoms with Crippen molar-refractivity contribution in [1.29, 1.82) is 0 Å². The van der Waals surface area contributed by atoms with Gasteiger partial charge in [-0.1, -0.05) is 13.8 Å². The summed E-state index contributed by atoms with van der Waals surface area (Å²) in [6.07, 6.45) is 5.47. The number of rotatable bonds is 5. The fraction of sp³-hybridized carbons (Fsp3) is 0.917. The Morgan fingerprint density at radius 3 is 3.00 bits per heavy atom. The molecule has 0 radical (unpaired) electrons. The fourth-order valence-corrected chi connectivity index (χ4v) is 2.84. The van der Waals surface area contributed by atoms with E-state index in [2.05, 4.69) is 13.8 Å². The molecule has 0 bridgehead atoms. The SMILES string of the molecule is CCSCCCC1CC(C)CCC1=O. The quantitative estimate of drug-likeness (QED) is 0.651. The molecular weight excluding hydrogens is 192 g/mol. The molecule has 0 aromatic carbocycles. The molecule has 0 amide bonds. The summed E-state index contributed by atoms with van der Waals surface area (Å²) >= 11 is 1.99. The lowest BCUT2D eigenvalue weighted by molar-refractivity contribution is -0.125. The zero-order chi connectivity index (χ0) is 10.4. The monoisotopic (exact) mass is 214 g/mol. The third kappa shape index (κ3) is 4.04. The molecule has 14 heavy (non-hydrogen) atoms. The summed E-state index contributed by atoms with van der Waals surface area (Å²) in [5.41, 5.74) is 0. The van der Waals surface area contributed by atoms with Crippen molar-refractivity contribution < 1.29 is 4.79 Å². The Hall–Kier alpha value is 0.0200. The summed E-state index contributed by atoms with van der Waals surface area (Å²) < 4.78 is 0. The second kappa shape index (κ2) is 6.49. The topological polar surface area (TPSA) is 17.1 Å². The van der Waals surface area contributed by atoms with Crippen LogP contribution in [0, 0.1) is 11.8 Å². The molecular formula is C12H22OS. The molecule has 0 aromatic rings. The van der Waals surface area contributed by atoms with Crippen molar-refractivity contribution in [3.05, 3.63) is 0 Å². The number of carbonyl (C=O) groups excluding carboxylic acids is 1. The molecule has 0 aliphatic heterocycles. The molecule has 0 aromatic heterocycles. The maximum Gasteiger partial charge on any atom is 0.135 e. The van der Waals surface area contributed by atoms with Crippen LogP contribution in [0.3, 0.4) is 0 Å². The van der Waals surface area contributed by atoms with Crippen LogP contribution in [0.15, 0.2) is 0 Å². The maximum absolute atomic E-state index is 11.6. The fourth-order valence-electron chi connectivity index (χ4n) is 2.18. The normalized spacial score (nSPS) is 28.0. The summed E-state index contributed by atoms with van der Waals surface area (Å²) in [5, 5.41) is 0. The zero-order valence-electron chi connectivity index (χ0n) is 9.42. The number of hydrogen-bond donors (Lipinski definition) is 0. The van der Waals surface area contributed by atoms with Crippen molar-refractivity contribution in [3.8, 4) is 0 Å². The Kier molecular flexibility index (Phi) is 5.61. The van der Waals surface area contributed by atoms with Gasteiger partial charge in [0.05, 0.1) is 0 Å². The minimum atomic E-state index is 0.399. The van der Waals surface area contributed by atoms with Gasteiger partial charge < -0.3 is 0 Å². The van der Waals surface area contributed by atoms with Crippen molar-refractivity contribution in [3.63, 3.8) is 0 Å². The Morgan fingerprint density at radius 1 is 1.50 bits per heavy atom. The van der Waals surface area contributed by atoms with Crippen LogP contribution in [0.2, 0.25) is 0 Å². The van der Waals surface area contributed by atoms with E-state index in [9.17, 15) is 4.79 Å². The van der Waals surface area contributed by atoms with Gasteiger partial charge in [0.1, 0.15) is 5.78 Å². The highest BCUT2D eigenvalue weighted by molar-refractivity contribution is 7.99. The third-order valence-electron chi connectivity index (χ3n) is 3.07. The van der Waals surface area contributed by atoms with Gasteiger partial charge in [0.25, 0.3) is 0 Å². The van der Waals surface area contributed by atoms with Crippen LogP contribution in [-0.4, -0.2) is 17.3 Å². The van der Waals surface area contributed by atoms with Crippen LogP contribution in [0.1, 0.15) is 46.0 Å². The Labute approximate surface area is 92.0 Å². The van der Waals surface area contributed by atoms with Gasteiger partial charge in [-0.25, -0.2) is 0 Å². The average molecular weight is 214 g/mol. The van der Waals surface area contributed by atoms with Crippen LogP contribution in [-0.2, 0) is 4.79 Å². The molecule has 1 aliphatic rings. The van der Waals surface area contributed by atoms with E-state index < -0.39 is 0 Å². The molecule has 0 N–H and O–H groups in total. The number of thioether (sulfide) groups is 1. The molecule has 1 aliphatic carbocycles. The first-order valence-corrected chi connectivity index (χ1v) is 7.00. The summed E-state index contributed by atoms with van der Waals surface area (Å²) in [7, 11) is 0. The van der Waals surface area contributed by atoms with Gasteiger partial charge >= 0.3 is 0 Å². The van der Waals surface area contributed by atoms with Crippen LogP contribution in [0.5, 0.6) is 0 Å². The molecule has 1 rings (SSSR count). The second-order valence-corrected chi connectivity index (χ2v) is 5.78. The highest BCUT2D eigenvalue weighted by Gasteiger charge is 2.25. The van der Waals surface area contributed by atoms with Gasteiger partial charge in [-0.3, -0.25) is 4.79 Å². The molecule has 0 spiro atoms. The van der Waals surface area contributed by atoms with Gasteiger partial charge in [0.2, 0.25) is 0 Å². The van der Waals surface area contributed by atoms with Crippen molar-refractivity contribution in [2.24, 2.45) is 11.8 Å². The first-order chi connectivity index (χ1) is 6.74. The number of ketones is 1. The van der Waals surface area contributed by atoms with Crippen molar-refractivity contribution in [2.75, 3.05) is 11.5 Å². The molecule has 82 valence electrons. The molecule has 0 saturated heterocycles. The number of carbonyl (C=O) groups is 1. The van der Waals surface area contributed by atoms with Crippen molar-refractivity contribution in [2.45, 2.75) is 46.0 Å². The lowest BCUT2D eigenvalue weighted by Gasteiger charge is -2.25. The molecule has 1 nitrogen and oxygen atoms in total. The molecule has 2 unspecified atom stereocenters. The van der Waals surface area contributed by atoms with Gasteiger partial charge in [0, 0.05) is 12.3 Å². The highest BCUT2D eigenvalue weighted by atomic mass is 32.2. The summed E-state index contributed by atoms with van der Waals surface area (Å²) in [6, 6.07) is 0. The average Bonchev–Trinajstić information content (AvgIpc) is 2.18. The van der Waals surface area contributed by atoms with Crippen LogP contribution in [0.4, 0.5) is 0 Å². The summed E-state index contributed by atoms with van der Waals surface area (Å²) in [6.45, 7) is 4.47. The van der Waals surface area contributed by atoms with Crippen LogP contribution in [0.25, 0.3) is 0 Å². The van der Waals surface area contributed by atoms with Gasteiger partial charge in [-0.2, -0.15) is 11.8 Å². The summed E-state index contributed by atoms with van der Waals surface area (Å²) in [4.78, 5) is 11.6. The highest BCUT2D eigenvalue weighted by Crippen LogP contribution is 2.29. The van der Waals surface area contributed by atoms with Gasteiger partial charge in [-0.15, -0.1) is 0 Å². The minimum absolute atomic E-state index is 0.399. The predicted octanol–water partition coefficient (Wildman–Crippen LogP) is 3.53. The smallest absolute Gasteiger partial charge is 0.135 e. The van der Waals surface area contributed by atoms with E-state index in [0.29, 0.717) is 11.7 Å². The second-order valence-electron chi connectivity index (χ2n) is 4.38. The largest absolute Gasteiger partial charge is 0.299 e. The van der Waals surface area contributed by atoms with E-state index >= 15 is 0 Å². The van der Waals surface area contributed by atoms with E-state index in [1.54, 1.807) is 0 Å². The van der Waals surface area contributed by atoms with E-state index in [4.69, 9.17) is 0 Å². The number of Topliss-reactive ketones (excluding diaryl/α,β-unsaturated/α-hetero) is 1. The van der Waals surface area contributed by atoms with Gasteiger partial charge in [-0.05, 0) is 43.1 Å². The van der Waals surface area contributed by atoms with E-state index in [1.165, 1.54) is 17.9 Å². The maximum atomic E-state index is 11.6. The lowest BCUT2D eigenvalue weighted by Crippen LogP contribution is -2.23. The standard InChI is InChI=1S/C12H22OS/c1-3-14-8-4-5-11-9-10(2)6-7-12(11)13/h10-11H,3-9H2,1-2H3. The van der Waals surface area contributed by atoms with Crippen molar-refractivity contribution >= 4 is 17.5 Å². The van der Waals surface area contributed by atoms with Crippen LogP contribution >= 0.6 is 11.8 Å². The zero-order valence-corrected chi connectivity index (χ0v) is 10.2. The van der Waals surface area contributed by atoms with E-state index in [0.717, 1.165) is 31.6 Å².